The number of aryl methyl sites for hydroxylation is 3. The minimum Gasteiger partial charge on any atom is -0.297 e. The van der Waals surface area contributed by atoms with Gasteiger partial charge in [0.25, 0.3) is 0 Å². The van der Waals surface area contributed by atoms with Crippen molar-refractivity contribution < 1.29 is 4.79 Å². The summed E-state index contributed by atoms with van der Waals surface area (Å²) in [7, 11) is 0. The second kappa shape index (κ2) is 7.22. The minimum absolute atomic E-state index is 0.337. The fourth-order valence-corrected chi connectivity index (χ4v) is 3.36. The average Bonchev–Trinajstić information content (AvgIpc) is 2.43. The number of ketones is 1. The van der Waals surface area contributed by atoms with Crippen molar-refractivity contribution in [3.05, 3.63) is 34.4 Å². The molecule has 0 heterocycles. The Bertz CT molecular complexity index is 479. The van der Waals surface area contributed by atoms with E-state index in [4.69, 9.17) is 0 Å². The van der Waals surface area contributed by atoms with Gasteiger partial charge in [0.2, 0.25) is 0 Å². The first kappa shape index (κ1) is 17.9. The molecule has 21 heavy (non-hydrogen) atoms. The lowest BCUT2D eigenvalue weighted by Gasteiger charge is -2.38. The normalized spacial score (nSPS) is 14.3. The number of hydrogen-bond donors (Lipinski definition) is 0. The molecular weight excluding hydrogens is 258 g/mol. The molecule has 1 atom stereocenters. The SMILES string of the molecule is CCN(CC)C(C)(CC)C(=O)Cc1c(C)cc(C)cc1C. The Morgan fingerprint density at radius 1 is 1.05 bits per heavy atom. The summed E-state index contributed by atoms with van der Waals surface area (Å²) in [4.78, 5) is 15.3. The van der Waals surface area contributed by atoms with E-state index < -0.39 is 0 Å². The molecule has 0 saturated heterocycles. The number of benzene rings is 1. The molecule has 0 aromatic heterocycles. The van der Waals surface area contributed by atoms with Crippen molar-refractivity contribution in [3.8, 4) is 0 Å². The van der Waals surface area contributed by atoms with Crippen LogP contribution in [0.25, 0.3) is 0 Å². The molecule has 0 aliphatic heterocycles. The fourth-order valence-electron chi connectivity index (χ4n) is 3.36. The van der Waals surface area contributed by atoms with Gasteiger partial charge in [0.15, 0.2) is 5.78 Å². The van der Waals surface area contributed by atoms with Crippen molar-refractivity contribution >= 4 is 5.78 Å². The van der Waals surface area contributed by atoms with Crippen molar-refractivity contribution in [1.29, 1.82) is 0 Å². The molecule has 0 amide bonds. The highest BCUT2D eigenvalue weighted by atomic mass is 16.1. The summed E-state index contributed by atoms with van der Waals surface area (Å²) in [6.45, 7) is 16.6. The summed E-state index contributed by atoms with van der Waals surface area (Å²) in [5, 5.41) is 0. The Balaban J connectivity index is 3.09. The van der Waals surface area contributed by atoms with Crippen molar-refractivity contribution in [2.75, 3.05) is 13.1 Å². The van der Waals surface area contributed by atoms with Crippen LogP contribution in [0.4, 0.5) is 0 Å². The molecule has 0 aliphatic carbocycles. The summed E-state index contributed by atoms with van der Waals surface area (Å²) >= 11 is 0. The van der Waals surface area contributed by atoms with Crippen LogP contribution >= 0.6 is 0 Å². The van der Waals surface area contributed by atoms with Crippen molar-refractivity contribution in [1.82, 2.24) is 4.90 Å². The monoisotopic (exact) mass is 289 g/mol. The zero-order chi connectivity index (χ0) is 16.2. The summed E-state index contributed by atoms with van der Waals surface area (Å²) in [5.41, 5.74) is 4.59. The van der Waals surface area contributed by atoms with Crippen molar-refractivity contribution in [3.63, 3.8) is 0 Å². The second-order valence-electron chi connectivity index (χ2n) is 6.28. The molecule has 0 N–H and O–H groups in total. The molecule has 1 aromatic rings. The van der Waals surface area contributed by atoms with Gasteiger partial charge in [0, 0.05) is 6.42 Å². The maximum atomic E-state index is 13.0. The molecule has 0 saturated carbocycles. The van der Waals surface area contributed by atoms with Crippen LogP contribution in [-0.2, 0) is 11.2 Å². The van der Waals surface area contributed by atoms with Crippen molar-refractivity contribution in [2.24, 2.45) is 0 Å². The minimum atomic E-state index is -0.354. The number of nitrogens with zero attached hydrogens (tertiary/aromatic N) is 1. The first-order valence-corrected chi connectivity index (χ1v) is 8.15. The van der Waals surface area contributed by atoms with E-state index in [9.17, 15) is 4.79 Å². The van der Waals surface area contributed by atoms with Crippen LogP contribution in [0.3, 0.4) is 0 Å². The molecule has 0 fully saturated rings. The molecule has 2 nitrogen and oxygen atoms in total. The van der Waals surface area contributed by atoms with E-state index in [2.05, 4.69) is 65.5 Å². The van der Waals surface area contributed by atoms with Gasteiger partial charge in [-0.15, -0.1) is 0 Å². The Kier molecular flexibility index (Phi) is 6.15. The Morgan fingerprint density at radius 3 is 1.90 bits per heavy atom. The van der Waals surface area contributed by atoms with E-state index >= 15 is 0 Å². The van der Waals surface area contributed by atoms with Gasteiger partial charge in [0.1, 0.15) is 0 Å². The summed E-state index contributed by atoms with van der Waals surface area (Å²) in [5.74, 6) is 0.337. The molecule has 0 bridgehead atoms. The average molecular weight is 289 g/mol. The van der Waals surface area contributed by atoms with Crippen LogP contribution in [0.1, 0.15) is 56.4 Å². The standard InChI is InChI=1S/C19H31NO/c1-8-19(7,20(9-2)10-3)18(21)13-17-15(5)11-14(4)12-16(17)6/h11-12H,8-10,13H2,1-7H3. The van der Waals surface area contributed by atoms with Crippen molar-refractivity contribution in [2.45, 2.75) is 66.8 Å². The topological polar surface area (TPSA) is 20.3 Å². The zero-order valence-corrected chi connectivity index (χ0v) is 14.8. The van der Waals surface area contributed by atoms with E-state index in [-0.39, 0.29) is 5.54 Å². The molecule has 118 valence electrons. The van der Waals surface area contributed by atoms with Gasteiger partial charge in [-0.2, -0.15) is 0 Å². The van der Waals surface area contributed by atoms with Gasteiger partial charge in [-0.05, 0) is 63.9 Å². The number of carbonyl (C=O) groups is 1. The molecule has 0 radical (unpaired) electrons. The van der Waals surface area contributed by atoms with Crippen LogP contribution in [0.2, 0.25) is 0 Å². The molecule has 0 spiro atoms. The largest absolute Gasteiger partial charge is 0.297 e. The Morgan fingerprint density at radius 2 is 1.52 bits per heavy atom. The van der Waals surface area contributed by atoms with Crippen LogP contribution in [0.15, 0.2) is 12.1 Å². The lowest BCUT2D eigenvalue weighted by atomic mass is 9.85. The van der Waals surface area contributed by atoms with Crippen LogP contribution in [0.5, 0.6) is 0 Å². The van der Waals surface area contributed by atoms with Gasteiger partial charge in [-0.25, -0.2) is 0 Å². The van der Waals surface area contributed by atoms with Gasteiger partial charge >= 0.3 is 0 Å². The predicted octanol–water partition coefficient (Wildman–Crippen LogP) is 4.23. The summed E-state index contributed by atoms with van der Waals surface area (Å²) < 4.78 is 0. The Hall–Kier alpha value is -1.15. The third-order valence-corrected chi connectivity index (χ3v) is 4.93. The first-order chi connectivity index (χ1) is 9.79. The Labute approximate surface area is 130 Å². The maximum Gasteiger partial charge on any atom is 0.157 e. The highest BCUT2D eigenvalue weighted by Gasteiger charge is 2.35. The zero-order valence-electron chi connectivity index (χ0n) is 14.8. The van der Waals surface area contributed by atoms with Gasteiger partial charge in [-0.1, -0.05) is 38.5 Å². The van der Waals surface area contributed by atoms with Crippen LogP contribution in [-0.4, -0.2) is 29.3 Å². The first-order valence-electron chi connectivity index (χ1n) is 8.15. The number of likely N-dealkylation sites (N-methyl/N-ethyl adjacent to an activating group) is 1. The third-order valence-electron chi connectivity index (χ3n) is 4.93. The van der Waals surface area contributed by atoms with E-state index in [1.165, 1.54) is 22.3 Å². The second-order valence-corrected chi connectivity index (χ2v) is 6.28. The van der Waals surface area contributed by atoms with E-state index in [1.807, 2.05) is 0 Å². The predicted molar refractivity (Wildman–Crippen MR) is 91.0 cm³/mol. The highest BCUT2D eigenvalue weighted by molar-refractivity contribution is 5.90. The number of Topliss-reactive ketones (excluding diaryl/α,β-unsaturated/α-hetero) is 1. The number of carbonyl (C=O) groups excluding carboxylic acids is 1. The van der Waals surface area contributed by atoms with Crippen LogP contribution < -0.4 is 0 Å². The quantitative estimate of drug-likeness (QED) is 0.748. The lowest BCUT2D eigenvalue weighted by Crippen LogP contribution is -2.52. The van der Waals surface area contributed by atoms with Gasteiger partial charge in [0.05, 0.1) is 5.54 Å². The van der Waals surface area contributed by atoms with E-state index in [1.54, 1.807) is 0 Å². The van der Waals surface area contributed by atoms with E-state index in [0.29, 0.717) is 12.2 Å². The summed E-state index contributed by atoms with van der Waals surface area (Å²) in [6.07, 6.45) is 1.40. The number of hydrogen-bond acceptors (Lipinski definition) is 2. The van der Waals surface area contributed by atoms with E-state index in [0.717, 1.165) is 19.5 Å². The molecule has 1 rings (SSSR count). The molecule has 1 unspecified atom stereocenters. The maximum absolute atomic E-state index is 13.0. The smallest absolute Gasteiger partial charge is 0.157 e. The molecule has 0 aliphatic rings. The lowest BCUT2D eigenvalue weighted by molar-refractivity contribution is -0.129. The molecule has 1 aromatic carbocycles. The highest BCUT2D eigenvalue weighted by Crippen LogP contribution is 2.25. The van der Waals surface area contributed by atoms with Crippen LogP contribution in [0, 0.1) is 20.8 Å². The fraction of sp³-hybridized carbons (Fsp3) is 0.632. The molecule has 2 heteroatoms. The van der Waals surface area contributed by atoms with Gasteiger partial charge < -0.3 is 0 Å². The summed E-state index contributed by atoms with van der Waals surface area (Å²) in [6, 6.07) is 4.35. The number of rotatable bonds is 7. The molecular formula is C19H31NO. The van der Waals surface area contributed by atoms with Gasteiger partial charge in [-0.3, -0.25) is 9.69 Å². The third kappa shape index (κ3) is 3.74.